The molecule has 0 unspecified atom stereocenters. The van der Waals surface area contributed by atoms with Gasteiger partial charge in [-0.3, -0.25) is 0 Å². The molecule has 1 aliphatic heterocycles. The van der Waals surface area contributed by atoms with Gasteiger partial charge in [-0.1, -0.05) is 0 Å². The number of carbonyl (C=O) groups is 2. The zero-order valence-corrected chi connectivity index (χ0v) is 20.9. The normalized spacial score (nSPS) is 19.2. The van der Waals surface area contributed by atoms with Gasteiger partial charge < -0.3 is 0 Å². The molecule has 1 aliphatic rings. The molecule has 160 valence electrons. The second-order valence-electron chi connectivity index (χ2n) is 8.99. The van der Waals surface area contributed by atoms with Crippen molar-refractivity contribution < 1.29 is 14.3 Å². The molecule has 7 heteroatoms. The number of nitrogens with zero attached hydrogens (tertiary/aromatic N) is 1. The summed E-state index contributed by atoms with van der Waals surface area (Å²) < 4.78 is 8.89. The molecule has 0 bridgehead atoms. The minimum absolute atomic E-state index is 0.0222. The van der Waals surface area contributed by atoms with Gasteiger partial charge in [0.25, 0.3) is 0 Å². The van der Waals surface area contributed by atoms with E-state index < -0.39 is 14.3 Å². The van der Waals surface area contributed by atoms with Crippen molar-refractivity contribution in [2.24, 2.45) is 0 Å². The number of nitrogens with one attached hydrogen (secondary N) is 1. The van der Waals surface area contributed by atoms with Gasteiger partial charge in [-0.05, 0) is 0 Å². The van der Waals surface area contributed by atoms with Crippen LogP contribution in [-0.4, -0.2) is 57.2 Å². The summed E-state index contributed by atoms with van der Waals surface area (Å²) in [4.78, 5) is 25.7. The molecule has 0 spiro atoms. The zero-order valence-electron chi connectivity index (χ0n) is 18.2. The SMILES string of the molecule is CC(C)(C)[Si](C)(C)N1C(=O)[C@H](NC(=O)COc2ccccc2)[C@H]1[Se]c1ccccc1. The number of amides is 2. The molecule has 1 saturated heterocycles. The van der Waals surface area contributed by atoms with E-state index in [4.69, 9.17) is 4.74 Å². The molecule has 0 saturated carbocycles. The molecular formula is C23H30N2O3SeSi. The van der Waals surface area contributed by atoms with Crippen LogP contribution in [0, 0.1) is 0 Å². The van der Waals surface area contributed by atoms with Crippen molar-refractivity contribution in [1.29, 1.82) is 0 Å². The number of carbonyl (C=O) groups excluding carboxylic acids is 2. The third-order valence-electron chi connectivity index (χ3n) is 5.91. The Morgan fingerprint density at radius 1 is 1.07 bits per heavy atom. The third-order valence-corrected chi connectivity index (χ3v) is 14.4. The molecule has 2 atom stereocenters. The van der Waals surface area contributed by atoms with Crippen LogP contribution in [0.1, 0.15) is 20.8 Å². The van der Waals surface area contributed by atoms with Gasteiger partial charge in [-0.15, -0.1) is 0 Å². The zero-order chi connectivity index (χ0) is 21.9. The number of hydrogen-bond acceptors (Lipinski definition) is 3. The fraction of sp³-hybridized carbons (Fsp3) is 0.391. The van der Waals surface area contributed by atoms with Crippen LogP contribution < -0.4 is 14.5 Å². The molecule has 1 heterocycles. The van der Waals surface area contributed by atoms with Gasteiger partial charge in [0.1, 0.15) is 0 Å². The van der Waals surface area contributed by atoms with E-state index in [1.807, 2.05) is 48.5 Å². The summed E-state index contributed by atoms with van der Waals surface area (Å²) in [6.45, 7) is 11.0. The summed E-state index contributed by atoms with van der Waals surface area (Å²) in [5.74, 6) is 0.416. The first-order chi connectivity index (χ1) is 14.1. The maximum atomic E-state index is 13.2. The quantitative estimate of drug-likeness (QED) is 0.481. The van der Waals surface area contributed by atoms with Crippen molar-refractivity contribution in [2.45, 2.75) is 49.9 Å². The van der Waals surface area contributed by atoms with Crippen LogP contribution in [0.5, 0.6) is 5.75 Å². The number of ether oxygens (including phenoxy) is 1. The third kappa shape index (κ3) is 4.80. The van der Waals surface area contributed by atoms with E-state index in [1.165, 1.54) is 4.46 Å². The topological polar surface area (TPSA) is 58.6 Å². The average molecular weight is 490 g/mol. The Bertz CT molecular complexity index is 884. The van der Waals surface area contributed by atoms with Crippen LogP contribution >= 0.6 is 0 Å². The molecule has 2 amide bonds. The Kier molecular flexibility index (Phi) is 6.75. The summed E-state index contributed by atoms with van der Waals surface area (Å²) in [7, 11) is -2.05. The van der Waals surface area contributed by atoms with E-state index in [1.54, 1.807) is 0 Å². The molecule has 5 nitrogen and oxygen atoms in total. The molecular weight excluding hydrogens is 459 g/mol. The number of hydrogen-bond donors (Lipinski definition) is 1. The maximum absolute atomic E-state index is 13.2. The average Bonchev–Trinajstić information content (AvgIpc) is 2.70. The monoisotopic (exact) mass is 490 g/mol. The number of rotatable bonds is 7. The van der Waals surface area contributed by atoms with E-state index in [2.05, 4.69) is 55.9 Å². The molecule has 3 rings (SSSR count). The molecule has 30 heavy (non-hydrogen) atoms. The van der Waals surface area contributed by atoms with E-state index >= 15 is 0 Å². The fourth-order valence-electron chi connectivity index (χ4n) is 3.19. The van der Waals surface area contributed by atoms with Crippen molar-refractivity contribution in [2.75, 3.05) is 6.61 Å². The van der Waals surface area contributed by atoms with E-state index in [-0.39, 0.29) is 43.4 Å². The van der Waals surface area contributed by atoms with E-state index in [0.717, 1.165) is 0 Å². The Balaban J connectivity index is 1.73. The molecule has 0 aromatic heterocycles. The van der Waals surface area contributed by atoms with Gasteiger partial charge >= 0.3 is 187 Å². The summed E-state index contributed by atoms with van der Waals surface area (Å²) in [5.41, 5.74) is 0. The molecule has 2 aromatic rings. The standard InChI is InChI=1S/C23H30N2O3SeSi/c1-23(2,3)30(4,5)25-21(27)20(22(25)29-18-14-10-7-11-15-18)24-19(26)16-28-17-12-8-6-9-13-17/h6-15,20,22H,16H2,1-5H3,(H,24,26)/t20-,22+/m0/s1. The summed E-state index contributed by atoms with van der Waals surface area (Å²) >= 11 is 0.0446. The Morgan fingerprint density at radius 3 is 2.20 bits per heavy atom. The molecule has 2 aromatic carbocycles. The van der Waals surface area contributed by atoms with Crippen molar-refractivity contribution in [1.82, 2.24) is 9.88 Å². The Labute approximate surface area is 186 Å². The summed E-state index contributed by atoms with van der Waals surface area (Å²) in [6, 6.07) is 19.0. The van der Waals surface area contributed by atoms with Gasteiger partial charge in [0, 0.05) is 0 Å². The molecule has 1 N–H and O–H groups in total. The fourth-order valence-corrected chi connectivity index (χ4v) is 9.68. The predicted molar refractivity (Wildman–Crippen MR) is 124 cm³/mol. The number of para-hydroxylation sites is 1. The van der Waals surface area contributed by atoms with Crippen LogP contribution in [0.2, 0.25) is 18.1 Å². The first-order valence-corrected chi connectivity index (χ1v) is 14.9. The van der Waals surface area contributed by atoms with Gasteiger partial charge in [-0.25, -0.2) is 0 Å². The Morgan fingerprint density at radius 2 is 1.63 bits per heavy atom. The predicted octanol–water partition coefficient (Wildman–Crippen LogP) is 2.75. The van der Waals surface area contributed by atoms with Crippen LogP contribution in [-0.2, 0) is 9.59 Å². The second-order valence-corrected chi connectivity index (χ2v) is 16.6. The first kappa shape index (κ1) is 22.6. The van der Waals surface area contributed by atoms with E-state index in [9.17, 15) is 9.59 Å². The molecule has 0 radical (unpaired) electrons. The van der Waals surface area contributed by atoms with Crippen molar-refractivity contribution in [3.05, 3.63) is 60.7 Å². The summed E-state index contributed by atoms with van der Waals surface area (Å²) in [5, 5.41) is 2.98. The van der Waals surface area contributed by atoms with Gasteiger partial charge in [0.05, 0.1) is 0 Å². The first-order valence-electron chi connectivity index (χ1n) is 10.1. The van der Waals surface area contributed by atoms with Crippen LogP contribution in [0.4, 0.5) is 0 Å². The van der Waals surface area contributed by atoms with Gasteiger partial charge in [-0.2, -0.15) is 0 Å². The summed E-state index contributed by atoms with van der Waals surface area (Å²) in [6.07, 6.45) is 0. The van der Waals surface area contributed by atoms with Crippen LogP contribution in [0.15, 0.2) is 60.7 Å². The Hall–Kier alpha value is -2.08. The minimum atomic E-state index is -2.05. The number of β-lactam (4-membered cyclic amide) rings is 1. The van der Waals surface area contributed by atoms with Gasteiger partial charge in [0.2, 0.25) is 0 Å². The van der Waals surface area contributed by atoms with Crippen molar-refractivity contribution in [3.63, 3.8) is 0 Å². The second kappa shape index (κ2) is 8.96. The van der Waals surface area contributed by atoms with Crippen molar-refractivity contribution >= 4 is 39.5 Å². The van der Waals surface area contributed by atoms with Crippen molar-refractivity contribution in [3.8, 4) is 5.75 Å². The number of benzene rings is 2. The molecule has 1 fully saturated rings. The van der Waals surface area contributed by atoms with E-state index in [0.29, 0.717) is 5.75 Å². The van der Waals surface area contributed by atoms with Crippen LogP contribution in [0.3, 0.4) is 0 Å². The van der Waals surface area contributed by atoms with Gasteiger partial charge in [0.15, 0.2) is 0 Å². The van der Waals surface area contributed by atoms with Crippen LogP contribution in [0.25, 0.3) is 0 Å². The molecule has 0 aliphatic carbocycles.